The summed E-state index contributed by atoms with van der Waals surface area (Å²) in [6.07, 6.45) is 4.66. The van der Waals surface area contributed by atoms with Crippen molar-refractivity contribution in [2.45, 2.75) is 71.3 Å². The lowest BCUT2D eigenvalue weighted by Crippen LogP contribution is -2.42. The molecular formula is C21H32N2O4S. The summed E-state index contributed by atoms with van der Waals surface area (Å²) >= 11 is 1.53. The molecule has 0 atom stereocenters. The summed E-state index contributed by atoms with van der Waals surface area (Å²) in [5.41, 5.74) is 0. The first-order chi connectivity index (χ1) is 13.4. The van der Waals surface area contributed by atoms with Crippen molar-refractivity contribution < 1.29 is 19.4 Å². The molecular weight excluding hydrogens is 376 g/mol. The van der Waals surface area contributed by atoms with E-state index in [-0.39, 0.29) is 17.9 Å². The van der Waals surface area contributed by atoms with Crippen LogP contribution < -0.4 is 15.0 Å². The highest BCUT2D eigenvalue weighted by molar-refractivity contribution is 7.16. The molecule has 2 heterocycles. The van der Waals surface area contributed by atoms with Gasteiger partial charge in [-0.05, 0) is 83.4 Å². The third-order valence-corrected chi connectivity index (χ3v) is 7.25. The molecule has 0 bridgehead atoms. The third-order valence-electron chi connectivity index (χ3n) is 5.98. The predicted octanol–water partition coefficient (Wildman–Crippen LogP) is 4.84. The number of rotatable bonds is 5. The van der Waals surface area contributed by atoms with E-state index < -0.39 is 6.16 Å². The van der Waals surface area contributed by atoms with Crippen molar-refractivity contribution in [2.24, 2.45) is 11.8 Å². The number of anilines is 1. The van der Waals surface area contributed by atoms with E-state index in [1.54, 1.807) is 4.90 Å². The van der Waals surface area contributed by atoms with Crippen molar-refractivity contribution in [2.75, 3.05) is 18.0 Å². The second-order valence-corrected chi connectivity index (χ2v) is 9.53. The number of carbonyl (C=O) groups is 2. The zero-order chi connectivity index (χ0) is 20.3. The Morgan fingerprint density at radius 3 is 2.39 bits per heavy atom. The molecule has 1 aromatic heterocycles. The third kappa shape index (κ3) is 4.87. The van der Waals surface area contributed by atoms with Crippen molar-refractivity contribution in [1.82, 2.24) is 5.32 Å². The van der Waals surface area contributed by atoms with Gasteiger partial charge in [-0.1, -0.05) is 6.92 Å². The molecule has 1 aromatic rings. The lowest BCUT2D eigenvalue weighted by Gasteiger charge is -2.33. The Bertz CT molecular complexity index is 689. The van der Waals surface area contributed by atoms with Gasteiger partial charge < -0.3 is 15.2 Å². The Labute approximate surface area is 171 Å². The van der Waals surface area contributed by atoms with Crippen LogP contribution in [0.1, 0.15) is 70.1 Å². The summed E-state index contributed by atoms with van der Waals surface area (Å²) in [7, 11) is 0. The molecule has 2 fully saturated rings. The summed E-state index contributed by atoms with van der Waals surface area (Å²) in [5.74, 6) is 1.49. The fourth-order valence-corrected chi connectivity index (χ4v) is 5.71. The Hall–Kier alpha value is -1.60. The van der Waals surface area contributed by atoms with E-state index in [2.05, 4.69) is 12.2 Å². The summed E-state index contributed by atoms with van der Waals surface area (Å²) in [4.78, 5) is 27.6. The minimum atomic E-state index is -1.33. The van der Waals surface area contributed by atoms with Crippen molar-refractivity contribution in [1.29, 1.82) is 0 Å². The van der Waals surface area contributed by atoms with E-state index >= 15 is 0 Å². The molecule has 1 saturated heterocycles. The Morgan fingerprint density at radius 1 is 1.18 bits per heavy atom. The number of nitrogens with one attached hydrogen (secondary N) is 1. The van der Waals surface area contributed by atoms with Gasteiger partial charge in [0.15, 0.2) is 5.75 Å². The highest BCUT2D eigenvalue weighted by atomic mass is 32.1. The van der Waals surface area contributed by atoms with E-state index in [4.69, 9.17) is 4.74 Å². The SMILES string of the molecule is CC(C)N(c1sc(C2CCNCC2)cc1OC(=O)O)C(=O)[C@H]1CC[C@H](C)CC1. The fraction of sp³-hybridized carbons (Fsp3) is 0.714. The van der Waals surface area contributed by atoms with E-state index in [1.807, 2.05) is 19.9 Å². The molecule has 1 aliphatic heterocycles. The van der Waals surface area contributed by atoms with E-state index in [1.165, 1.54) is 11.3 Å². The summed E-state index contributed by atoms with van der Waals surface area (Å²) in [5, 5.41) is 13.2. The van der Waals surface area contributed by atoms with Crippen molar-refractivity contribution >= 4 is 28.4 Å². The minimum Gasteiger partial charge on any atom is -0.449 e. The first-order valence-corrected chi connectivity index (χ1v) is 11.3. The fourth-order valence-electron chi connectivity index (χ4n) is 4.32. The van der Waals surface area contributed by atoms with E-state index in [0.717, 1.165) is 56.5 Å². The maximum absolute atomic E-state index is 13.4. The number of carbonyl (C=O) groups excluding carboxylic acids is 1. The summed E-state index contributed by atoms with van der Waals surface area (Å²) < 4.78 is 5.12. The maximum Gasteiger partial charge on any atom is 0.511 e. The first kappa shape index (κ1) is 21.1. The maximum atomic E-state index is 13.4. The van der Waals surface area contributed by atoms with Gasteiger partial charge in [0.25, 0.3) is 0 Å². The Morgan fingerprint density at radius 2 is 1.82 bits per heavy atom. The molecule has 0 unspecified atom stereocenters. The number of piperidine rings is 1. The minimum absolute atomic E-state index is 0.0145. The molecule has 156 valence electrons. The molecule has 1 amide bonds. The van der Waals surface area contributed by atoms with Crippen LogP contribution in [-0.2, 0) is 4.79 Å². The number of thiophene rings is 1. The van der Waals surface area contributed by atoms with Gasteiger partial charge in [-0.3, -0.25) is 9.69 Å². The van der Waals surface area contributed by atoms with Gasteiger partial charge in [0.1, 0.15) is 5.00 Å². The predicted molar refractivity (Wildman–Crippen MR) is 112 cm³/mol. The molecule has 2 N–H and O–H groups in total. The number of amides is 1. The second-order valence-electron chi connectivity index (χ2n) is 8.47. The Kier molecular flexibility index (Phi) is 6.99. The van der Waals surface area contributed by atoms with Crippen LogP contribution >= 0.6 is 11.3 Å². The molecule has 0 radical (unpaired) electrons. The van der Waals surface area contributed by atoms with Gasteiger partial charge >= 0.3 is 6.16 Å². The van der Waals surface area contributed by atoms with Gasteiger partial charge in [-0.25, -0.2) is 4.79 Å². The van der Waals surface area contributed by atoms with Gasteiger partial charge in [0, 0.05) is 16.8 Å². The Balaban J connectivity index is 1.90. The molecule has 1 aliphatic carbocycles. The lowest BCUT2D eigenvalue weighted by atomic mass is 9.82. The second kappa shape index (κ2) is 9.27. The largest absolute Gasteiger partial charge is 0.511 e. The van der Waals surface area contributed by atoms with Gasteiger partial charge in [-0.2, -0.15) is 0 Å². The topological polar surface area (TPSA) is 78.9 Å². The molecule has 28 heavy (non-hydrogen) atoms. The van der Waals surface area contributed by atoms with Crippen molar-refractivity contribution in [3.8, 4) is 5.75 Å². The molecule has 6 nitrogen and oxygen atoms in total. The number of hydrogen-bond donors (Lipinski definition) is 2. The molecule has 0 aromatic carbocycles. The van der Waals surface area contributed by atoms with Crippen LogP contribution in [0.2, 0.25) is 0 Å². The highest BCUT2D eigenvalue weighted by Crippen LogP contribution is 2.45. The average molecular weight is 409 g/mol. The summed E-state index contributed by atoms with van der Waals surface area (Å²) in [6.45, 7) is 8.13. The van der Waals surface area contributed by atoms with Crippen LogP contribution in [0.3, 0.4) is 0 Å². The quantitative estimate of drug-likeness (QED) is 0.682. The zero-order valence-electron chi connectivity index (χ0n) is 17.1. The molecule has 2 aliphatic rings. The van der Waals surface area contributed by atoms with Crippen LogP contribution in [0.25, 0.3) is 0 Å². The average Bonchev–Trinajstić information content (AvgIpc) is 3.05. The number of ether oxygens (including phenoxy) is 1. The highest BCUT2D eigenvalue weighted by Gasteiger charge is 2.34. The standard InChI is InChI=1S/C21H32N2O4S/c1-13(2)23(19(24)16-6-4-14(3)5-7-16)20-17(27-21(25)26)12-18(28-20)15-8-10-22-11-9-15/h12-16,22H,4-11H2,1-3H3,(H,25,26)/t14-,16-. The van der Waals surface area contributed by atoms with Crippen LogP contribution in [0.4, 0.5) is 9.80 Å². The summed E-state index contributed by atoms with van der Waals surface area (Å²) in [6, 6.07) is 1.79. The van der Waals surface area contributed by atoms with Crippen molar-refractivity contribution in [3.63, 3.8) is 0 Å². The van der Waals surface area contributed by atoms with Crippen LogP contribution in [0.15, 0.2) is 6.07 Å². The molecule has 3 rings (SSSR count). The molecule has 1 saturated carbocycles. The van der Waals surface area contributed by atoms with Gasteiger partial charge in [0.05, 0.1) is 0 Å². The molecule has 0 spiro atoms. The monoisotopic (exact) mass is 408 g/mol. The number of hydrogen-bond acceptors (Lipinski definition) is 5. The normalized spacial score (nSPS) is 23.6. The van der Waals surface area contributed by atoms with Crippen molar-refractivity contribution in [3.05, 3.63) is 10.9 Å². The lowest BCUT2D eigenvalue weighted by molar-refractivity contribution is -0.123. The molecule has 7 heteroatoms. The smallest absolute Gasteiger partial charge is 0.449 e. The van der Waals surface area contributed by atoms with Gasteiger partial charge in [-0.15, -0.1) is 11.3 Å². The van der Waals surface area contributed by atoms with Gasteiger partial charge in [0.2, 0.25) is 5.91 Å². The number of nitrogens with zero attached hydrogens (tertiary/aromatic N) is 1. The van der Waals surface area contributed by atoms with Crippen LogP contribution in [0.5, 0.6) is 5.75 Å². The van der Waals surface area contributed by atoms with E-state index in [9.17, 15) is 14.7 Å². The first-order valence-electron chi connectivity index (χ1n) is 10.4. The van der Waals surface area contributed by atoms with Crippen LogP contribution in [0, 0.1) is 11.8 Å². The van der Waals surface area contributed by atoms with Crippen LogP contribution in [-0.4, -0.2) is 36.3 Å². The van der Waals surface area contributed by atoms with E-state index in [0.29, 0.717) is 22.6 Å². The zero-order valence-corrected chi connectivity index (χ0v) is 17.9. The number of carboxylic acid groups (broad SMARTS) is 1.